The highest BCUT2D eigenvalue weighted by Crippen LogP contribution is 2.42. The Labute approximate surface area is 149 Å². The molecule has 2 fully saturated rings. The van der Waals surface area contributed by atoms with E-state index in [1.54, 1.807) is 18.2 Å². The predicted molar refractivity (Wildman–Crippen MR) is 92.3 cm³/mol. The maximum Gasteiger partial charge on any atom is 0.326 e. The fourth-order valence-corrected chi connectivity index (χ4v) is 4.31. The lowest BCUT2D eigenvalue weighted by Crippen LogP contribution is -2.43. The predicted octanol–water partition coefficient (Wildman–Crippen LogP) is 3.06. The number of benzene rings is 1. The number of carboxylic acids is 1. The van der Waals surface area contributed by atoms with Gasteiger partial charge in [-0.25, -0.2) is 4.79 Å². The fraction of sp³-hybridized carbons (Fsp3) is 0.389. The van der Waals surface area contributed by atoms with Crippen LogP contribution in [-0.2, 0) is 4.79 Å². The molecule has 1 aliphatic heterocycles. The van der Waals surface area contributed by atoms with Crippen LogP contribution in [0.5, 0.6) is 0 Å². The normalized spacial score (nSPS) is 25.2. The van der Waals surface area contributed by atoms with Gasteiger partial charge in [-0.2, -0.15) is 5.10 Å². The lowest BCUT2D eigenvalue weighted by molar-refractivity contribution is -0.142. The Bertz CT molecular complexity index is 817. The van der Waals surface area contributed by atoms with Crippen LogP contribution >= 0.6 is 11.6 Å². The third kappa shape index (κ3) is 2.80. The highest BCUT2D eigenvalue weighted by atomic mass is 35.5. The van der Waals surface area contributed by atoms with Gasteiger partial charge in [-0.1, -0.05) is 30.2 Å². The molecule has 1 amide bonds. The number of carbonyl (C=O) groups is 2. The molecule has 1 saturated heterocycles. The van der Waals surface area contributed by atoms with Crippen molar-refractivity contribution in [3.8, 4) is 11.3 Å². The Hall–Kier alpha value is -2.34. The Balaban J connectivity index is 1.59. The number of amides is 1. The molecule has 1 aliphatic carbocycles. The van der Waals surface area contributed by atoms with E-state index in [1.165, 1.54) is 4.90 Å². The largest absolute Gasteiger partial charge is 0.480 e. The molecular formula is C18H18ClN3O3. The molecule has 2 aliphatic rings. The van der Waals surface area contributed by atoms with Crippen molar-refractivity contribution in [1.29, 1.82) is 0 Å². The van der Waals surface area contributed by atoms with E-state index in [0.29, 0.717) is 28.9 Å². The number of carboxylic acid groups (broad SMARTS) is 1. The van der Waals surface area contributed by atoms with Gasteiger partial charge in [-0.3, -0.25) is 9.89 Å². The van der Waals surface area contributed by atoms with Crippen LogP contribution < -0.4 is 0 Å². The van der Waals surface area contributed by atoms with Crippen molar-refractivity contribution in [2.75, 3.05) is 6.54 Å². The number of likely N-dealkylation sites (tertiary alicyclic amines) is 1. The summed E-state index contributed by atoms with van der Waals surface area (Å²) in [5.74, 6) is -0.849. The summed E-state index contributed by atoms with van der Waals surface area (Å²) in [5.41, 5.74) is 1.79. The zero-order valence-electron chi connectivity index (χ0n) is 13.5. The van der Waals surface area contributed by atoms with Crippen LogP contribution in [0.15, 0.2) is 30.3 Å². The average molecular weight is 360 g/mol. The number of hydrogen-bond acceptors (Lipinski definition) is 3. The van der Waals surface area contributed by atoms with Crippen molar-refractivity contribution < 1.29 is 14.7 Å². The molecule has 25 heavy (non-hydrogen) atoms. The molecule has 1 saturated carbocycles. The Morgan fingerprint density at radius 1 is 1.24 bits per heavy atom. The van der Waals surface area contributed by atoms with Crippen molar-refractivity contribution in [2.45, 2.75) is 25.3 Å². The first-order valence-electron chi connectivity index (χ1n) is 8.39. The van der Waals surface area contributed by atoms with Gasteiger partial charge in [-0.15, -0.1) is 0 Å². The van der Waals surface area contributed by atoms with Crippen LogP contribution in [0.3, 0.4) is 0 Å². The van der Waals surface area contributed by atoms with Crippen LogP contribution in [0, 0.1) is 11.8 Å². The van der Waals surface area contributed by atoms with Gasteiger partial charge in [0, 0.05) is 17.1 Å². The molecule has 1 aromatic carbocycles. The van der Waals surface area contributed by atoms with E-state index in [1.807, 2.05) is 12.1 Å². The molecule has 2 heterocycles. The van der Waals surface area contributed by atoms with Gasteiger partial charge < -0.3 is 10.0 Å². The quantitative estimate of drug-likeness (QED) is 0.881. The van der Waals surface area contributed by atoms with Gasteiger partial charge >= 0.3 is 5.97 Å². The third-order valence-corrected chi connectivity index (χ3v) is 5.60. The fourth-order valence-electron chi connectivity index (χ4n) is 4.19. The molecular weight excluding hydrogens is 342 g/mol. The SMILES string of the molecule is O=C(O)C1C2CCCC2CN1C(=O)c1cc(-c2ccc(Cl)cc2)n[nH]1. The van der Waals surface area contributed by atoms with Crippen molar-refractivity contribution in [3.05, 3.63) is 41.0 Å². The molecule has 0 radical (unpaired) electrons. The van der Waals surface area contributed by atoms with Gasteiger partial charge in [0.05, 0.1) is 5.69 Å². The molecule has 7 heteroatoms. The standard InChI is InChI=1S/C18H18ClN3O3/c19-12-6-4-10(5-7-12)14-8-15(21-20-14)17(23)22-9-11-2-1-3-13(11)16(22)18(24)25/h4-8,11,13,16H,1-3,9H2,(H,20,21)(H,24,25). The summed E-state index contributed by atoms with van der Waals surface area (Å²) in [4.78, 5) is 26.1. The van der Waals surface area contributed by atoms with Crippen molar-refractivity contribution in [3.63, 3.8) is 0 Å². The second-order valence-corrected chi connectivity index (χ2v) is 7.21. The lowest BCUT2D eigenvalue weighted by atomic mass is 9.94. The molecule has 2 aromatic rings. The van der Waals surface area contributed by atoms with E-state index in [-0.39, 0.29) is 11.8 Å². The van der Waals surface area contributed by atoms with Gasteiger partial charge in [0.25, 0.3) is 5.91 Å². The lowest BCUT2D eigenvalue weighted by Gasteiger charge is -2.23. The van der Waals surface area contributed by atoms with Gasteiger partial charge in [0.2, 0.25) is 0 Å². The summed E-state index contributed by atoms with van der Waals surface area (Å²) < 4.78 is 0. The summed E-state index contributed by atoms with van der Waals surface area (Å²) in [6.07, 6.45) is 2.92. The first-order chi connectivity index (χ1) is 12.0. The summed E-state index contributed by atoms with van der Waals surface area (Å²) in [7, 11) is 0. The number of nitrogens with zero attached hydrogens (tertiary/aromatic N) is 2. The third-order valence-electron chi connectivity index (χ3n) is 5.35. The first-order valence-corrected chi connectivity index (χ1v) is 8.77. The molecule has 1 aromatic heterocycles. The summed E-state index contributed by atoms with van der Waals surface area (Å²) in [6.45, 7) is 0.510. The Morgan fingerprint density at radius 2 is 2.00 bits per heavy atom. The number of rotatable bonds is 3. The summed E-state index contributed by atoms with van der Waals surface area (Å²) in [5, 5.41) is 17.2. The molecule has 3 atom stereocenters. The number of aromatic nitrogens is 2. The number of halogens is 1. The second kappa shape index (κ2) is 6.19. The number of fused-ring (bicyclic) bond motifs is 1. The topological polar surface area (TPSA) is 86.3 Å². The van der Waals surface area contributed by atoms with E-state index in [0.717, 1.165) is 24.8 Å². The smallest absolute Gasteiger partial charge is 0.326 e. The van der Waals surface area contributed by atoms with Crippen LogP contribution in [0.1, 0.15) is 29.8 Å². The van der Waals surface area contributed by atoms with E-state index in [4.69, 9.17) is 11.6 Å². The van der Waals surface area contributed by atoms with Crippen LogP contribution in [0.4, 0.5) is 0 Å². The highest BCUT2D eigenvalue weighted by Gasteiger charge is 2.49. The minimum absolute atomic E-state index is 0.0695. The van der Waals surface area contributed by atoms with Crippen LogP contribution in [-0.4, -0.2) is 44.7 Å². The maximum absolute atomic E-state index is 12.9. The number of nitrogens with one attached hydrogen (secondary N) is 1. The maximum atomic E-state index is 12.9. The zero-order valence-corrected chi connectivity index (χ0v) is 14.2. The van der Waals surface area contributed by atoms with Gasteiger partial charge in [-0.05, 0) is 42.9 Å². The van der Waals surface area contributed by atoms with Gasteiger partial charge in [0.15, 0.2) is 0 Å². The summed E-state index contributed by atoms with van der Waals surface area (Å²) >= 11 is 5.89. The van der Waals surface area contributed by atoms with Crippen LogP contribution in [0.2, 0.25) is 5.02 Å². The average Bonchev–Trinajstić information content (AvgIpc) is 3.29. The molecule has 2 N–H and O–H groups in total. The Morgan fingerprint density at radius 3 is 2.72 bits per heavy atom. The number of aromatic amines is 1. The monoisotopic (exact) mass is 359 g/mol. The summed E-state index contributed by atoms with van der Waals surface area (Å²) in [6, 6.07) is 8.10. The number of carbonyl (C=O) groups excluding carboxylic acids is 1. The van der Waals surface area contributed by atoms with E-state index >= 15 is 0 Å². The zero-order chi connectivity index (χ0) is 17.6. The highest BCUT2D eigenvalue weighted by molar-refractivity contribution is 6.30. The molecule has 6 nitrogen and oxygen atoms in total. The molecule has 3 unspecified atom stereocenters. The number of aliphatic carboxylic acids is 1. The second-order valence-electron chi connectivity index (χ2n) is 6.77. The number of hydrogen-bond donors (Lipinski definition) is 2. The Kier molecular flexibility index (Phi) is 4.00. The molecule has 0 spiro atoms. The van der Waals surface area contributed by atoms with E-state index < -0.39 is 12.0 Å². The molecule has 4 rings (SSSR count). The van der Waals surface area contributed by atoms with Gasteiger partial charge in [0.1, 0.15) is 11.7 Å². The minimum atomic E-state index is -0.916. The van der Waals surface area contributed by atoms with Crippen molar-refractivity contribution in [2.24, 2.45) is 11.8 Å². The van der Waals surface area contributed by atoms with Crippen LogP contribution in [0.25, 0.3) is 11.3 Å². The van der Waals surface area contributed by atoms with E-state index in [2.05, 4.69) is 10.2 Å². The molecule has 130 valence electrons. The number of H-pyrrole nitrogens is 1. The van der Waals surface area contributed by atoms with E-state index in [9.17, 15) is 14.7 Å². The minimum Gasteiger partial charge on any atom is -0.480 e. The van der Waals surface area contributed by atoms with Crippen molar-refractivity contribution >= 4 is 23.5 Å². The van der Waals surface area contributed by atoms with Crippen molar-refractivity contribution in [1.82, 2.24) is 15.1 Å². The first kappa shape index (κ1) is 16.1. The molecule has 0 bridgehead atoms.